The van der Waals surface area contributed by atoms with E-state index in [1.165, 1.54) is 0 Å². The highest BCUT2D eigenvalue weighted by molar-refractivity contribution is 5.89. The van der Waals surface area contributed by atoms with Gasteiger partial charge < -0.3 is 15.0 Å². The van der Waals surface area contributed by atoms with Crippen LogP contribution in [-0.4, -0.2) is 73.1 Å². The fraction of sp³-hybridized carbons (Fsp3) is 0.875. The lowest BCUT2D eigenvalue weighted by molar-refractivity contribution is -0.148. The quantitative estimate of drug-likeness (QED) is 0.821. The molecule has 0 radical (unpaired) electrons. The summed E-state index contributed by atoms with van der Waals surface area (Å²) in [6, 6.07) is -0.131. The molecule has 23 heavy (non-hydrogen) atoms. The van der Waals surface area contributed by atoms with Crippen molar-refractivity contribution in [1.29, 1.82) is 0 Å². The number of nitrogens with one attached hydrogen (secondary N) is 1. The summed E-state index contributed by atoms with van der Waals surface area (Å²) in [5.74, 6) is 0.265. The van der Waals surface area contributed by atoms with E-state index in [2.05, 4.69) is 10.2 Å². The van der Waals surface area contributed by atoms with Gasteiger partial charge in [-0.25, -0.2) is 0 Å². The molecule has 0 saturated carbocycles. The van der Waals surface area contributed by atoms with Gasteiger partial charge in [-0.1, -0.05) is 0 Å². The number of hydrogen-bond acceptors (Lipinski definition) is 4. The molecule has 3 rings (SSSR count). The second-order valence-electron chi connectivity index (χ2n) is 6.61. The molecule has 132 valence electrons. The molecular formula is C16H28ClN3O3. The highest BCUT2D eigenvalue weighted by atomic mass is 35.5. The first-order valence-corrected chi connectivity index (χ1v) is 8.54. The lowest BCUT2D eigenvalue weighted by atomic mass is 9.86. The minimum Gasteiger partial charge on any atom is -0.381 e. The van der Waals surface area contributed by atoms with Crippen LogP contribution in [0.15, 0.2) is 0 Å². The van der Waals surface area contributed by atoms with Crippen molar-refractivity contribution in [3.8, 4) is 0 Å². The van der Waals surface area contributed by atoms with Gasteiger partial charge >= 0.3 is 0 Å². The first-order chi connectivity index (χ1) is 10.7. The van der Waals surface area contributed by atoms with Gasteiger partial charge in [0.25, 0.3) is 0 Å². The molecular weight excluding hydrogens is 318 g/mol. The van der Waals surface area contributed by atoms with Crippen molar-refractivity contribution < 1.29 is 14.3 Å². The van der Waals surface area contributed by atoms with Crippen LogP contribution in [0.3, 0.4) is 0 Å². The Labute approximate surface area is 144 Å². The molecule has 0 bridgehead atoms. The molecule has 6 nitrogen and oxygen atoms in total. The number of ether oxygens (including phenoxy) is 1. The van der Waals surface area contributed by atoms with Crippen LogP contribution in [0.4, 0.5) is 0 Å². The molecule has 3 heterocycles. The zero-order valence-corrected chi connectivity index (χ0v) is 14.7. The topological polar surface area (TPSA) is 61.9 Å². The lowest BCUT2D eigenvalue weighted by Gasteiger charge is -2.45. The molecule has 0 unspecified atom stereocenters. The molecule has 0 aromatic heterocycles. The van der Waals surface area contributed by atoms with Crippen molar-refractivity contribution in [2.75, 3.05) is 39.9 Å². The number of hydrogen-bond donors (Lipinski definition) is 1. The van der Waals surface area contributed by atoms with Gasteiger partial charge in [0, 0.05) is 39.9 Å². The van der Waals surface area contributed by atoms with Gasteiger partial charge in [-0.05, 0) is 38.5 Å². The van der Waals surface area contributed by atoms with E-state index in [-0.39, 0.29) is 30.3 Å². The maximum Gasteiger partial charge on any atom is 0.240 e. The van der Waals surface area contributed by atoms with E-state index in [9.17, 15) is 9.59 Å². The fourth-order valence-corrected chi connectivity index (χ4v) is 4.27. The van der Waals surface area contributed by atoms with E-state index in [1.54, 1.807) is 7.05 Å². The summed E-state index contributed by atoms with van der Waals surface area (Å²) in [5, 5.41) is 2.82. The molecule has 1 atom stereocenters. The monoisotopic (exact) mass is 345 g/mol. The molecule has 3 aliphatic heterocycles. The molecule has 7 heteroatoms. The van der Waals surface area contributed by atoms with E-state index in [1.807, 2.05) is 4.90 Å². The zero-order chi connectivity index (χ0) is 15.6. The van der Waals surface area contributed by atoms with Crippen LogP contribution in [0, 0.1) is 0 Å². The van der Waals surface area contributed by atoms with Gasteiger partial charge in [0.05, 0.1) is 6.04 Å². The summed E-state index contributed by atoms with van der Waals surface area (Å²) in [4.78, 5) is 29.7. The third-order valence-electron chi connectivity index (χ3n) is 5.48. The predicted octanol–water partition coefficient (Wildman–Crippen LogP) is 0.790. The third-order valence-corrected chi connectivity index (χ3v) is 5.48. The maximum atomic E-state index is 12.9. The Bertz CT molecular complexity index is 434. The summed E-state index contributed by atoms with van der Waals surface area (Å²) in [5.41, 5.74) is -0.566. The van der Waals surface area contributed by atoms with Gasteiger partial charge in [-0.2, -0.15) is 0 Å². The highest BCUT2D eigenvalue weighted by Gasteiger charge is 2.51. The van der Waals surface area contributed by atoms with E-state index >= 15 is 0 Å². The van der Waals surface area contributed by atoms with E-state index < -0.39 is 5.54 Å². The molecule has 2 amide bonds. The summed E-state index contributed by atoms with van der Waals surface area (Å²) in [6.07, 6.45) is 5.42. The minimum absolute atomic E-state index is 0. The number of carbonyl (C=O) groups is 2. The van der Waals surface area contributed by atoms with Crippen LogP contribution in [0.25, 0.3) is 0 Å². The number of carbonyl (C=O) groups excluding carboxylic acids is 2. The number of rotatable bonds is 3. The van der Waals surface area contributed by atoms with Crippen molar-refractivity contribution in [2.24, 2.45) is 0 Å². The summed E-state index contributed by atoms with van der Waals surface area (Å²) in [6.45, 7) is 3.76. The summed E-state index contributed by atoms with van der Waals surface area (Å²) in [7, 11) is 1.69. The zero-order valence-electron chi connectivity index (χ0n) is 13.9. The van der Waals surface area contributed by atoms with E-state index in [0.29, 0.717) is 26.1 Å². The normalized spacial score (nSPS) is 27.5. The first-order valence-electron chi connectivity index (χ1n) is 8.54. The third kappa shape index (κ3) is 3.35. The van der Waals surface area contributed by atoms with Crippen molar-refractivity contribution in [3.63, 3.8) is 0 Å². The Kier molecular flexibility index (Phi) is 6.28. The van der Waals surface area contributed by atoms with Crippen LogP contribution >= 0.6 is 12.4 Å². The van der Waals surface area contributed by atoms with E-state index in [0.717, 1.165) is 45.3 Å². The number of likely N-dealkylation sites (tertiary alicyclic amines) is 2. The Hall–Kier alpha value is -0.850. The van der Waals surface area contributed by atoms with Crippen molar-refractivity contribution in [2.45, 2.75) is 50.1 Å². The predicted molar refractivity (Wildman–Crippen MR) is 89.6 cm³/mol. The van der Waals surface area contributed by atoms with Crippen LogP contribution in [0.1, 0.15) is 38.5 Å². The second-order valence-corrected chi connectivity index (χ2v) is 6.61. The largest absolute Gasteiger partial charge is 0.381 e. The van der Waals surface area contributed by atoms with Crippen molar-refractivity contribution in [3.05, 3.63) is 0 Å². The van der Waals surface area contributed by atoms with Crippen LogP contribution < -0.4 is 5.32 Å². The van der Waals surface area contributed by atoms with Crippen LogP contribution in [-0.2, 0) is 14.3 Å². The van der Waals surface area contributed by atoms with E-state index in [4.69, 9.17) is 4.74 Å². The average molecular weight is 346 g/mol. The first kappa shape index (κ1) is 18.5. The Morgan fingerprint density at radius 2 is 1.74 bits per heavy atom. The van der Waals surface area contributed by atoms with Crippen molar-refractivity contribution in [1.82, 2.24) is 15.1 Å². The number of amides is 2. The van der Waals surface area contributed by atoms with Gasteiger partial charge in [0.1, 0.15) is 5.54 Å². The van der Waals surface area contributed by atoms with Gasteiger partial charge in [-0.3, -0.25) is 14.5 Å². The molecule has 1 N–H and O–H groups in total. The molecule has 0 spiro atoms. The number of nitrogens with zero attached hydrogens (tertiary/aromatic N) is 2. The fourth-order valence-electron chi connectivity index (χ4n) is 4.27. The molecule has 3 saturated heterocycles. The lowest BCUT2D eigenvalue weighted by Crippen LogP contribution is -2.64. The summed E-state index contributed by atoms with van der Waals surface area (Å²) >= 11 is 0. The van der Waals surface area contributed by atoms with Gasteiger partial charge in [0.15, 0.2) is 0 Å². The van der Waals surface area contributed by atoms with Crippen molar-refractivity contribution >= 4 is 24.2 Å². The smallest absolute Gasteiger partial charge is 0.240 e. The SMILES string of the molecule is CNC(=O)C1(N2CCC[C@H]2C(=O)N2CCCC2)CCOCC1.Cl. The van der Waals surface area contributed by atoms with Crippen LogP contribution in [0.5, 0.6) is 0 Å². The highest BCUT2D eigenvalue weighted by Crippen LogP contribution is 2.35. The molecule has 0 aromatic carbocycles. The standard InChI is InChI=1S/C16H27N3O3.ClH/c1-17-15(21)16(6-11-22-12-7-16)19-10-4-5-13(19)14(20)18-8-2-3-9-18;/h13H,2-12H2,1H3,(H,17,21);1H/t13-;/m0./s1. The maximum absolute atomic E-state index is 12.9. The number of halogens is 1. The molecule has 3 aliphatic rings. The Balaban J connectivity index is 0.00000192. The van der Waals surface area contributed by atoms with Gasteiger partial charge in [0.2, 0.25) is 11.8 Å². The second kappa shape index (κ2) is 7.81. The molecule has 3 fully saturated rings. The molecule has 0 aliphatic carbocycles. The average Bonchev–Trinajstić information content (AvgIpc) is 3.25. The minimum atomic E-state index is -0.566. The Morgan fingerprint density at radius 1 is 1.09 bits per heavy atom. The summed E-state index contributed by atoms with van der Waals surface area (Å²) < 4.78 is 5.47. The number of likely N-dealkylation sites (N-methyl/N-ethyl adjacent to an activating group) is 1. The molecule has 0 aromatic rings. The Morgan fingerprint density at radius 3 is 2.35 bits per heavy atom. The van der Waals surface area contributed by atoms with Crippen LogP contribution in [0.2, 0.25) is 0 Å². The van der Waals surface area contributed by atoms with Gasteiger partial charge in [-0.15, -0.1) is 12.4 Å².